The summed E-state index contributed by atoms with van der Waals surface area (Å²) in [5, 5.41) is 0. The van der Waals surface area contributed by atoms with Crippen LogP contribution in [0.4, 0.5) is 9.18 Å². The Labute approximate surface area is 125 Å². The van der Waals surface area contributed by atoms with Gasteiger partial charge in [-0.2, -0.15) is 0 Å². The Morgan fingerprint density at radius 3 is 2.10 bits per heavy atom. The van der Waals surface area contributed by atoms with Gasteiger partial charge in [-0.15, -0.1) is 0 Å². The SMILES string of the molecule is CC1(C)CCN(C(=O)C2(F)CN(C(=O)OC(C)(C)C)C2)C1. The molecule has 5 nitrogen and oxygen atoms in total. The van der Waals surface area contributed by atoms with Crippen molar-refractivity contribution in [3.63, 3.8) is 0 Å². The van der Waals surface area contributed by atoms with E-state index in [1.54, 1.807) is 25.7 Å². The van der Waals surface area contributed by atoms with Gasteiger partial charge in [0.1, 0.15) is 5.60 Å². The van der Waals surface area contributed by atoms with Gasteiger partial charge in [-0.25, -0.2) is 9.18 Å². The van der Waals surface area contributed by atoms with Gasteiger partial charge in [-0.1, -0.05) is 13.8 Å². The fourth-order valence-electron chi connectivity index (χ4n) is 2.72. The minimum absolute atomic E-state index is 0.0423. The van der Waals surface area contributed by atoms with Gasteiger partial charge >= 0.3 is 6.09 Å². The molecule has 0 aliphatic carbocycles. The highest BCUT2D eigenvalue weighted by molar-refractivity contribution is 5.89. The molecule has 0 spiro atoms. The molecular formula is C15H25FN2O3. The third kappa shape index (κ3) is 3.47. The van der Waals surface area contributed by atoms with Gasteiger partial charge in [0.2, 0.25) is 5.67 Å². The molecule has 0 aromatic heterocycles. The molecule has 0 N–H and O–H groups in total. The van der Waals surface area contributed by atoms with Crippen molar-refractivity contribution in [2.75, 3.05) is 26.2 Å². The second-order valence-electron chi connectivity index (χ2n) is 7.94. The maximum atomic E-state index is 14.6. The predicted octanol–water partition coefficient (Wildman–Crippen LogP) is 2.20. The third-order valence-corrected chi connectivity index (χ3v) is 3.88. The van der Waals surface area contributed by atoms with Crippen molar-refractivity contribution < 1.29 is 18.7 Å². The fourth-order valence-corrected chi connectivity index (χ4v) is 2.72. The second kappa shape index (κ2) is 4.85. The number of alkyl halides is 1. The fraction of sp³-hybridized carbons (Fsp3) is 0.867. The Balaban J connectivity index is 1.89. The van der Waals surface area contributed by atoms with Crippen LogP contribution < -0.4 is 0 Å². The monoisotopic (exact) mass is 300 g/mol. The third-order valence-electron chi connectivity index (χ3n) is 3.88. The Bertz CT molecular complexity index is 450. The Morgan fingerprint density at radius 1 is 1.10 bits per heavy atom. The smallest absolute Gasteiger partial charge is 0.410 e. The number of hydrogen-bond acceptors (Lipinski definition) is 3. The number of carbonyl (C=O) groups is 2. The van der Waals surface area contributed by atoms with E-state index in [4.69, 9.17) is 4.74 Å². The first kappa shape index (κ1) is 16.0. The van der Waals surface area contributed by atoms with E-state index < -0.39 is 23.3 Å². The number of halogens is 1. The van der Waals surface area contributed by atoms with Crippen LogP contribution in [0.5, 0.6) is 0 Å². The molecule has 2 amide bonds. The summed E-state index contributed by atoms with van der Waals surface area (Å²) in [7, 11) is 0. The van der Waals surface area contributed by atoms with Gasteiger partial charge in [0, 0.05) is 13.1 Å². The second-order valence-corrected chi connectivity index (χ2v) is 7.94. The minimum atomic E-state index is -1.95. The van der Waals surface area contributed by atoms with Crippen LogP contribution in [0.15, 0.2) is 0 Å². The summed E-state index contributed by atoms with van der Waals surface area (Å²) >= 11 is 0. The normalized spacial score (nSPS) is 23.7. The van der Waals surface area contributed by atoms with E-state index in [1.807, 2.05) is 0 Å². The van der Waals surface area contributed by atoms with Gasteiger partial charge in [0.25, 0.3) is 5.91 Å². The first-order valence-corrected chi connectivity index (χ1v) is 7.38. The van der Waals surface area contributed by atoms with Crippen LogP contribution in [0.1, 0.15) is 41.0 Å². The predicted molar refractivity (Wildman–Crippen MR) is 76.6 cm³/mol. The standard InChI is InChI=1S/C15H25FN2O3/c1-13(2,3)21-12(20)18-9-15(16,10-18)11(19)17-7-6-14(4,5)8-17/h6-10H2,1-5H3. The molecule has 0 atom stereocenters. The summed E-state index contributed by atoms with van der Waals surface area (Å²) in [5.74, 6) is -0.493. The molecule has 2 aliphatic rings. The van der Waals surface area contributed by atoms with E-state index in [9.17, 15) is 14.0 Å². The van der Waals surface area contributed by atoms with Gasteiger partial charge in [-0.3, -0.25) is 4.79 Å². The number of ether oxygens (including phenoxy) is 1. The summed E-state index contributed by atoms with van der Waals surface area (Å²) in [6.45, 7) is 10.1. The van der Waals surface area contributed by atoms with Crippen LogP contribution >= 0.6 is 0 Å². The molecule has 0 bridgehead atoms. The average molecular weight is 300 g/mol. The van der Waals surface area contributed by atoms with Crippen LogP contribution in [0.25, 0.3) is 0 Å². The lowest BCUT2D eigenvalue weighted by atomic mass is 9.92. The summed E-state index contributed by atoms with van der Waals surface area (Å²) in [4.78, 5) is 26.9. The maximum Gasteiger partial charge on any atom is 0.410 e. The number of hydrogen-bond donors (Lipinski definition) is 0. The molecule has 21 heavy (non-hydrogen) atoms. The lowest BCUT2D eigenvalue weighted by Crippen LogP contribution is -2.68. The van der Waals surface area contributed by atoms with Crippen LogP contribution in [0.2, 0.25) is 0 Å². The largest absolute Gasteiger partial charge is 0.444 e. The average Bonchev–Trinajstić information content (AvgIpc) is 2.62. The summed E-state index contributed by atoms with van der Waals surface area (Å²) in [5.41, 5.74) is -2.52. The molecular weight excluding hydrogens is 275 g/mol. The van der Waals surface area contributed by atoms with Crippen molar-refractivity contribution in [2.24, 2.45) is 5.41 Å². The van der Waals surface area contributed by atoms with Crippen LogP contribution in [0.3, 0.4) is 0 Å². The maximum absolute atomic E-state index is 14.6. The number of nitrogens with zero attached hydrogens (tertiary/aromatic N) is 2. The van der Waals surface area contributed by atoms with Gasteiger partial charge in [-0.05, 0) is 32.6 Å². The van der Waals surface area contributed by atoms with Crippen molar-refractivity contribution in [2.45, 2.75) is 52.3 Å². The summed E-state index contributed by atoms with van der Waals surface area (Å²) in [6, 6.07) is 0. The molecule has 0 aromatic carbocycles. The molecule has 0 radical (unpaired) electrons. The van der Waals surface area contributed by atoms with E-state index in [0.717, 1.165) is 6.42 Å². The van der Waals surface area contributed by atoms with Crippen LogP contribution in [0, 0.1) is 5.41 Å². The van der Waals surface area contributed by atoms with Crippen LogP contribution in [-0.4, -0.2) is 59.2 Å². The van der Waals surface area contributed by atoms with Gasteiger partial charge in [0.05, 0.1) is 13.1 Å². The van der Waals surface area contributed by atoms with E-state index >= 15 is 0 Å². The highest BCUT2D eigenvalue weighted by atomic mass is 19.1. The highest BCUT2D eigenvalue weighted by Gasteiger charge is 2.55. The molecule has 2 saturated heterocycles. The van der Waals surface area contributed by atoms with Crippen molar-refractivity contribution >= 4 is 12.0 Å². The van der Waals surface area contributed by atoms with E-state index in [0.29, 0.717) is 13.1 Å². The zero-order chi connectivity index (χ0) is 16.1. The number of carbonyl (C=O) groups excluding carboxylic acids is 2. The quantitative estimate of drug-likeness (QED) is 0.746. The molecule has 2 heterocycles. The summed E-state index contributed by atoms with van der Waals surface area (Å²) in [6.07, 6.45) is 0.315. The van der Waals surface area contributed by atoms with Crippen molar-refractivity contribution in [1.29, 1.82) is 0 Å². The van der Waals surface area contributed by atoms with E-state index in [1.165, 1.54) is 4.90 Å². The Hall–Kier alpha value is -1.33. The highest BCUT2D eigenvalue weighted by Crippen LogP contribution is 2.34. The van der Waals surface area contributed by atoms with Crippen molar-refractivity contribution in [1.82, 2.24) is 9.80 Å². The number of likely N-dealkylation sites (tertiary alicyclic amines) is 2. The Kier molecular flexibility index (Phi) is 3.71. The van der Waals surface area contributed by atoms with Crippen molar-refractivity contribution in [3.8, 4) is 0 Å². The minimum Gasteiger partial charge on any atom is -0.444 e. The van der Waals surface area contributed by atoms with Crippen molar-refractivity contribution in [3.05, 3.63) is 0 Å². The first-order valence-electron chi connectivity index (χ1n) is 7.38. The van der Waals surface area contributed by atoms with E-state index in [-0.39, 0.29) is 18.5 Å². The first-order chi connectivity index (χ1) is 9.42. The lowest BCUT2D eigenvalue weighted by Gasteiger charge is -2.44. The number of rotatable bonds is 1. The molecule has 2 rings (SSSR count). The van der Waals surface area contributed by atoms with Gasteiger partial charge < -0.3 is 14.5 Å². The molecule has 0 aromatic rings. The molecule has 2 fully saturated rings. The zero-order valence-corrected chi connectivity index (χ0v) is 13.5. The Morgan fingerprint density at radius 2 is 1.67 bits per heavy atom. The van der Waals surface area contributed by atoms with E-state index in [2.05, 4.69) is 13.8 Å². The molecule has 120 valence electrons. The topological polar surface area (TPSA) is 49.9 Å². The molecule has 6 heteroatoms. The van der Waals surface area contributed by atoms with Crippen LogP contribution in [-0.2, 0) is 9.53 Å². The zero-order valence-electron chi connectivity index (χ0n) is 13.5. The lowest BCUT2D eigenvalue weighted by molar-refractivity contribution is -0.154. The summed E-state index contributed by atoms with van der Waals surface area (Å²) < 4.78 is 19.8. The van der Waals surface area contributed by atoms with Gasteiger partial charge in [0.15, 0.2) is 0 Å². The molecule has 0 saturated carbocycles. The molecule has 0 unspecified atom stereocenters. The molecule has 2 aliphatic heterocycles. The number of amides is 2.